The van der Waals surface area contributed by atoms with Gasteiger partial charge in [-0.1, -0.05) is 12.1 Å². The van der Waals surface area contributed by atoms with E-state index in [0.717, 1.165) is 50.2 Å². The van der Waals surface area contributed by atoms with Crippen molar-refractivity contribution in [3.63, 3.8) is 0 Å². The quantitative estimate of drug-likeness (QED) is 0.771. The third-order valence-electron chi connectivity index (χ3n) is 5.29. The Morgan fingerprint density at radius 1 is 1.26 bits per heavy atom. The third-order valence-corrected chi connectivity index (χ3v) is 5.70. The maximum atomic E-state index is 11.9. The van der Waals surface area contributed by atoms with Crippen LogP contribution in [-0.2, 0) is 11.5 Å². The molecule has 1 saturated heterocycles. The molecular formula is C19H25N5O2S. The van der Waals surface area contributed by atoms with E-state index in [9.17, 15) is 4.79 Å². The minimum atomic E-state index is 0.242. The highest BCUT2D eigenvalue weighted by atomic mass is 32.1. The molecule has 0 bridgehead atoms. The molecule has 2 aromatic rings. The number of nitrogens with one attached hydrogen (secondary N) is 1. The zero-order valence-corrected chi connectivity index (χ0v) is 16.3. The standard InChI is InChI=1S/C19H25N5O2S/c1-26-17-5-3-2-4-16(17)23-12-20-24(19(23)27)13-22-10-8-15(9-11-22)21-18(25)14-6-7-14/h2-5,12,14-15H,6-11,13H2,1H3,(H,21,25). The van der Waals surface area contributed by atoms with E-state index in [-0.39, 0.29) is 11.8 Å². The number of rotatable bonds is 6. The third kappa shape index (κ3) is 4.06. The number of methoxy groups -OCH3 is 1. The fourth-order valence-corrected chi connectivity index (χ4v) is 3.75. The van der Waals surface area contributed by atoms with Crippen molar-refractivity contribution in [3.8, 4) is 11.4 Å². The molecule has 0 spiro atoms. The average molecular weight is 388 g/mol. The van der Waals surface area contributed by atoms with E-state index in [0.29, 0.717) is 17.5 Å². The maximum absolute atomic E-state index is 11.9. The summed E-state index contributed by atoms with van der Waals surface area (Å²) < 4.78 is 9.78. The molecule has 1 saturated carbocycles. The van der Waals surface area contributed by atoms with Crippen LogP contribution in [0.25, 0.3) is 5.69 Å². The first-order valence-electron chi connectivity index (χ1n) is 9.46. The van der Waals surface area contributed by atoms with Gasteiger partial charge < -0.3 is 10.1 Å². The number of ether oxygens (including phenoxy) is 1. The first-order chi connectivity index (χ1) is 13.2. The number of aromatic nitrogens is 3. The van der Waals surface area contributed by atoms with Gasteiger partial charge in [-0.25, -0.2) is 4.68 Å². The van der Waals surface area contributed by atoms with Crippen molar-refractivity contribution < 1.29 is 9.53 Å². The number of likely N-dealkylation sites (tertiary alicyclic amines) is 1. The summed E-state index contributed by atoms with van der Waals surface area (Å²) in [6.45, 7) is 2.52. The first kappa shape index (κ1) is 18.2. The zero-order valence-electron chi connectivity index (χ0n) is 15.5. The second kappa shape index (κ2) is 7.82. The molecule has 2 heterocycles. The summed E-state index contributed by atoms with van der Waals surface area (Å²) in [5.41, 5.74) is 0.887. The summed E-state index contributed by atoms with van der Waals surface area (Å²) in [5.74, 6) is 1.28. The second-order valence-electron chi connectivity index (χ2n) is 7.27. The molecule has 0 atom stereocenters. The van der Waals surface area contributed by atoms with Crippen molar-refractivity contribution in [2.75, 3.05) is 20.2 Å². The summed E-state index contributed by atoms with van der Waals surface area (Å²) in [4.78, 5) is 14.2. The van der Waals surface area contributed by atoms with Gasteiger partial charge in [0, 0.05) is 25.0 Å². The van der Waals surface area contributed by atoms with Crippen LogP contribution in [0.15, 0.2) is 30.6 Å². The van der Waals surface area contributed by atoms with Crippen molar-refractivity contribution in [2.45, 2.75) is 38.4 Å². The van der Waals surface area contributed by atoms with Gasteiger partial charge in [-0.15, -0.1) is 0 Å². The van der Waals surface area contributed by atoms with Crippen LogP contribution in [0.5, 0.6) is 5.75 Å². The molecule has 0 unspecified atom stereocenters. The highest BCUT2D eigenvalue weighted by molar-refractivity contribution is 7.71. The van der Waals surface area contributed by atoms with Crippen LogP contribution in [0.1, 0.15) is 25.7 Å². The van der Waals surface area contributed by atoms with Crippen LogP contribution in [0.2, 0.25) is 0 Å². The monoisotopic (exact) mass is 387 g/mol. The van der Waals surface area contributed by atoms with Gasteiger partial charge >= 0.3 is 0 Å². The Morgan fingerprint density at radius 3 is 2.70 bits per heavy atom. The normalized spacial score (nSPS) is 18.4. The van der Waals surface area contributed by atoms with Crippen LogP contribution >= 0.6 is 12.2 Å². The van der Waals surface area contributed by atoms with Gasteiger partial charge in [-0.3, -0.25) is 14.3 Å². The Kier molecular flexibility index (Phi) is 5.27. The molecule has 0 radical (unpaired) electrons. The Morgan fingerprint density at radius 2 is 2.00 bits per heavy atom. The summed E-state index contributed by atoms with van der Waals surface area (Å²) in [6.07, 6.45) is 5.79. The minimum Gasteiger partial charge on any atom is -0.495 e. The summed E-state index contributed by atoms with van der Waals surface area (Å²) in [5, 5.41) is 7.66. The molecule has 1 amide bonds. The molecule has 1 aliphatic heterocycles. The predicted octanol–water partition coefficient (Wildman–Crippen LogP) is 2.36. The first-order valence-corrected chi connectivity index (χ1v) is 9.87. The van der Waals surface area contributed by atoms with E-state index < -0.39 is 0 Å². The SMILES string of the molecule is COc1ccccc1-n1cnn(CN2CCC(NC(=O)C3CC3)CC2)c1=S. The molecule has 1 N–H and O–H groups in total. The second-order valence-corrected chi connectivity index (χ2v) is 7.64. The lowest BCUT2D eigenvalue weighted by molar-refractivity contribution is -0.123. The Labute approximate surface area is 163 Å². The van der Waals surface area contributed by atoms with Gasteiger partial charge in [0.2, 0.25) is 10.7 Å². The van der Waals surface area contributed by atoms with Gasteiger partial charge in [-0.2, -0.15) is 5.10 Å². The topological polar surface area (TPSA) is 64.3 Å². The molecule has 4 rings (SSSR count). The van der Waals surface area contributed by atoms with Gasteiger partial charge in [0.1, 0.15) is 12.1 Å². The number of piperidine rings is 1. The summed E-state index contributed by atoms with van der Waals surface area (Å²) >= 11 is 5.62. The molecule has 1 aromatic carbocycles. The lowest BCUT2D eigenvalue weighted by Gasteiger charge is -2.32. The molecule has 1 aromatic heterocycles. The van der Waals surface area contributed by atoms with Crippen molar-refractivity contribution in [2.24, 2.45) is 5.92 Å². The molecule has 1 aliphatic carbocycles. The molecular weight excluding hydrogens is 362 g/mol. The van der Waals surface area contributed by atoms with E-state index in [1.165, 1.54) is 0 Å². The fraction of sp³-hybridized carbons (Fsp3) is 0.526. The van der Waals surface area contributed by atoms with Crippen LogP contribution in [0, 0.1) is 10.7 Å². The van der Waals surface area contributed by atoms with Crippen LogP contribution < -0.4 is 10.1 Å². The molecule has 27 heavy (non-hydrogen) atoms. The van der Waals surface area contributed by atoms with Crippen molar-refractivity contribution in [1.29, 1.82) is 0 Å². The molecule has 7 nitrogen and oxygen atoms in total. The summed E-state index contributed by atoms with van der Waals surface area (Å²) in [6, 6.07) is 8.07. The number of amides is 1. The Balaban J connectivity index is 1.37. The number of carbonyl (C=O) groups is 1. The van der Waals surface area contributed by atoms with E-state index in [1.54, 1.807) is 13.4 Å². The number of hydrogen-bond acceptors (Lipinski definition) is 5. The Hall–Kier alpha value is -2.19. The van der Waals surface area contributed by atoms with Gasteiger partial charge in [-0.05, 0) is 50.0 Å². The van der Waals surface area contributed by atoms with E-state index >= 15 is 0 Å². The number of para-hydroxylation sites is 2. The largest absolute Gasteiger partial charge is 0.495 e. The smallest absolute Gasteiger partial charge is 0.223 e. The molecule has 2 fully saturated rings. The number of carbonyl (C=O) groups excluding carboxylic acids is 1. The number of benzene rings is 1. The average Bonchev–Trinajstić information content (AvgIpc) is 3.49. The summed E-state index contributed by atoms with van der Waals surface area (Å²) in [7, 11) is 1.65. The fourth-order valence-electron chi connectivity index (χ4n) is 3.50. The van der Waals surface area contributed by atoms with Crippen LogP contribution in [0.4, 0.5) is 0 Å². The van der Waals surface area contributed by atoms with E-state index in [1.807, 2.05) is 33.5 Å². The van der Waals surface area contributed by atoms with Crippen molar-refractivity contribution in [1.82, 2.24) is 24.6 Å². The zero-order chi connectivity index (χ0) is 18.8. The minimum absolute atomic E-state index is 0.242. The lowest BCUT2D eigenvalue weighted by atomic mass is 10.1. The number of nitrogens with zero attached hydrogens (tertiary/aromatic N) is 4. The van der Waals surface area contributed by atoms with Gasteiger partial charge in [0.15, 0.2) is 0 Å². The molecule has 144 valence electrons. The van der Waals surface area contributed by atoms with Crippen molar-refractivity contribution >= 4 is 18.1 Å². The van der Waals surface area contributed by atoms with Crippen molar-refractivity contribution in [3.05, 3.63) is 35.4 Å². The molecule has 2 aliphatic rings. The Bertz CT molecular complexity index is 865. The lowest BCUT2D eigenvalue weighted by Crippen LogP contribution is -2.45. The highest BCUT2D eigenvalue weighted by Crippen LogP contribution is 2.29. The number of hydrogen-bond donors (Lipinski definition) is 1. The van der Waals surface area contributed by atoms with E-state index in [2.05, 4.69) is 15.3 Å². The van der Waals surface area contributed by atoms with Crippen LogP contribution in [-0.4, -0.2) is 51.4 Å². The van der Waals surface area contributed by atoms with Gasteiger partial charge in [0.25, 0.3) is 0 Å². The van der Waals surface area contributed by atoms with Crippen LogP contribution in [0.3, 0.4) is 0 Å². The van der Waals surface area contributed by atoms with Gasteiger partial charge in [0.05, 0.1) is 19.5 Å². The highest BCUT2D eigenvalue weighted by Gasteiger charge is 2.31. The van der Waals surface area contributed by atoms with E-state index in [4.69, 9.17) is 17.0 Å². The maximum Gasteiger partial charge on any atom is 0.223 e. The predicted molar refractivity (Wildman–Crippen MR) is 104 cm³/mol. The molecule has 8 heteroatoms.